The quantitative estimate of drug-likeness (QED) is 0.385. The molecular weight excluding hydrogens is 386 g/mol. The lowest BCUT2D eigenvalue weighted by molar-refractivity contribution is 0.219. The van der Waals surface area contributed by atoms with Gasteiger partial charge in [-0.05, 0) is 17.7 Å². The minimum Gasteiger partial charge on any atom is -0.492 e. The fourth-order valence-corrected chi connectivity index (χ4v) is 3.45. The number of hydrogen-bond donors (Lipinski definition) is 0. The van der Waals surface area contributed by atoms with Crippen molar-refractivity contribution in [2.45, 2.75) is 6.54 Å². The fraction of sp³-hybridized carbons (Fsp3) is 0.148. The SMILES string of the molecule is C#CCN(CCOc1ccc2c(=O)cc(-c3ccccc3)oc2c1)Cc1ccccc1. The molecule has 1 heterocycles. The highest BCUT2D eigenvalue weighted by Crippen LogP contribution is 2.24. The Bertz CT molecular complexity index is 1240. The first-order valence-corrected chi connectivity index (χ1v) is 10.2. The largest absolute Gasteiger partial charge is 0.492 e. The molecule has 3 aromatic carbocycles. The number of rotatable bonds is 8. The van der Waals surface area contributed by atoms with Crippen LogP contribution in [-0.4, -0.2) is 24.6 Å². The second-order valence-electron chi connectivity index (χ2n) is 7.25. The van der Waals surface area contributed by atoms with Crippen LogP contribution < -0.4 is 10.2 Å². The lowest BCUT2D eigenvalue weighted by Crippen LogP contribution is -2.28. The van der Waals surface area contributed by atoms with Gasteiger partial charge < -0.3 is 9.15 Å². The Kier molecular flexibility index (Phi) is 6.47. The number of terminal acetylenes is 1. The molecule has 0 N–H and O–H groups in total. The molecule has 0 saturated carbocycles. The van der Waals surface area contributed by atoms with E-state index in [9.17, 15) is 4.79 Å². The molecule has 0 aliphatic heterocycles. The molecule has 4 nitrogen and oxygen atoms in total. The molecule has 4 rings (SSSR count). The summed E-state index contributed by atoms with van der Waals surface area (Å²) in [5.41, 5.74) is 2.50. The number of nitrogens with zero attached hydrogens (tertiary/aromatic N) is 1. The number of hydrogen-bond acceptors (Lipinski definition) is 4. The van der Waals surface area contributed by atoms with E-state index in [1.807, 2.05) is 48.5 Å². The van der Waals surface area contributed by atoms with E-state index >= 15 is 0 Å². The average Bonchev–Trinajstić information content (AvgIpc) is 2.80. The standard InChI is InChI=1S/C27H23NO3/c1-2-15-28(20-21-9-5-3-6-10-21)16-17-30-23-13-14-24-25(29)19-26(31-27(24)18-23)22-11-7-4-8-12-22/h1,3-14,18-19H,15-17,20H2. The van der Waals surface area contributed by atoms with Crippen LogP contribution in [0, 0.1) is 12.3 Å². The van der Waals surface area contributed by atoms with Crippen LogP contribution in [0.3, 0.4) is 0 Å². The second-order valence-corrected chi connectivity index (χ2v) is 7.25. The third kappa shape index (κ3) is 5.22. The normalized spacial score (nSPS) is 10.8. The molecule has 4 heteroatoms. The van der Waals surface area contributed by atoms with Crippen molar-refractivity contribution < 1.29 is 9.15 Å². The summed E-state index contributed by atoms with van der Waals surface area (Å²) in [4.78, 5) is 14.7. The highest BCUT2D eigenvalue weighted by molar-refractivity contribution is 5.80. The molecule has 0 radical (unpaired) electrons. The average molecular weight is 409 g/mol. The first kappa shape index (κ1) is 20.5. The highest BCUT2D eigenvalue weighted by Gasteiger charge is 2.09. The Hall–Kier alpha value is -3.81. The highest BCUT2D eigenvalue weighted by atomic mass is 16.5. The Morgan fingerprint density at radius 3 is 2.42 bits per heavy atom. The van der Waals surface area contributed by atoms with Crippen LogP contribution >= 0.6 is 0 Å². The zero-order valence-corrected chi connectivity index (χ0v) is 17.2. The van der Waals surface area contributed by atoms with E-state index < -0.39 is 0 Å². The first-order chi connectivity index (χ1) is 15.2. The topological polar surface area (TPSA) is 42.7 Å². The Balaban J connectivity index is 1.47. The maximum atomic E-state index is 12.5. The lowest BCUT2D eigenvalue weighted by Gasteiger charge is -2.20. The van der Waals surface area contributed by atoms with Gasteiger partial charge in [-0.25, -0.2) is 0 Å². The molecule has 1 aromatic heterocycles. The van der Waals surface area contributed by atoms with Crippen molar-refractivity contribution in [3.8, 4) is 29.4 Å². The zero-order chi connectivity index (χ0) is 21.5. The van der Waals surface area contributed by atoms with E-state index in [4.69, 9.17) is 15.6 Å². The van der Waals surface area contributed by atoms with Gasteiger partial charge in [0.1, 0.15) is 23.7 Å². The van der Waals surface area contributed by atoms with Gasteiger partial charge in [0.25, 0.3) is 0 Å². The van der Waals surface area contributed by atoms with Crippen LogP contribution in [0.2, 0.25) is 0 Å². The monoisotopic (exact) mass is 409 g/mol. The third-order valence-electron chi connectivity index (χ3n) is 5.00. The minimum atomic E-state index is -0.0743. The Morgan fingerprint density at radius 1 is 0.935 bits per heavy atom. The molecule has 0 aliphatic rings. The van der Waals surface area contributed by atoms with Gasteiger partial charge in [0, 0.05) is 30.8 Å². The van der Waals surface area contributed by atoms with Gasteiger partial charge in [-0.3, -0.25) is 9.69 Å². The van der Waals surface area contributed by atoms with Gasteiger partial charge in [-0.1, -0.05) is 66.6 Å². The molecule has 0 spiro atoms. The molecule has 0 fully saturated rings. The number of fused-ring (bicyclic) bond motifs is 1. The van der Waals surface area contributed by atoms with Crippen LogP contribution in [0.25, 0.3) is 22.3 Å². The molecular formula is C27H23NO3. The summed E-state index contributed by atoms with van der Waals surface area (Å²) < 4.78 is 11.9. The van der Waals surface area contributed by atoms with E-state index in [-0.39, 0.29) is 5.43 Å². The predicted octanol–water partition coefficient (Wildman–Crippen LogP) is 4.97. The summed E-state index contributed by atoms with van der Waals surface area (Å²) in [5, 5.41) is 0.532. The minimum absolute atomic E-state index is 0.0743. The van der Waals surface area contributed by atoms with Crippen molar-refractivity contribution in [3.05, 3.63) is 101 Å². The van der Waals surface area contributed by atoms with Gasteiger partial charge in [0.15, 0.2) is 5.43 Å². The van der Waals surface area contributed by atoms with Gasteiger partial charge in [0.2, 0.25) is 0 Å². The maximum Gasteiger partial charge on any atom is 0.193 e. The maximum absolute atomic E-state index is 12.5. The fourth-order valence-electron chi connectivity index (χ4n) is 3.45. The third-order valence-corrected chi connectivity index (χ3v) is 5.00. The smallest absolute Gasteiger partial charge is 0.193 e. The molecule has 0 aliphatic carbocycles. The molecule has 0 unspecified atom stereocenters. The van der Waals surface area contributed by atoms with Crippen molar-refractivity contribution in [1.82, 2.24) is 4.90 Å². The molecule has 0 bridgehead atoms. The van der Waals surface area contributed by atoms with Crippen LogP contribution in [0.1, 0.15) is 5.56 Å². The molecule has 0 amide bonds. The van der Waals surface area contributed by atoms with Crippen LogP contribution in [0.15, 0.2) is 94.1 Å². The summed E-state index contributed by atoms with van der Waals surface area (Å²) in [6.07, 6.45) is 5.53. The molecule has 0 saturated heterocycles. The van der Waals surface area contributed by atoms with E-state index in [2.05, 4.69) is 23.0 Å². The Labute approximate surface area is 181 Å². The Morgan fingerprint density at radius 2 is 1.68 bits per heavy atom. The van der Waals surface area contributed by atoms with Crippen LogP contribution in [0.4, 0.5) is 0 Å². The number of ether oxygens (including phenoxy) is 1. The summed E-state index contributed by atoms with van der Waals surface area (Å²) >= 11 is 0. The van der Waals surface area contributed by atoms with Crippen LogP contribution in [0.5, 0.6) is 5.75 Å². The van der Waals surface area contributed by atoms with E-state index in [1.165, 1.54) is 11.6 Å². The van der Waals surface area contributed by atoms with Gasteiger partial charge in [-0.2, -0.15) is 0 Å². The number of benzene rings is 3. The zero-order valence-electron chi connectivity index (χ0n) is 17.2. The van der Waals surface area contributed by atoms with Gasteiger partial charge >= 0.3 is 0 Å². The summed E-state index contributed by atoms with van der Waals surface area (Å²) in [7, 11) is 0. The van der Waals surface area contributed by atoms with E-state index in [1.54, 1.807) is 18.2 Å². The second kappa shape index (κ2) is 9.80. The van der Waals surface area contributed by atoms with Crippen molar-refractivity contribution in [1.29, 1.82) is 0 Å². The summed E-state index contributed by atoms with van der Waals surface area (Å²) in [5.74, 6) is 3.90. The van der Waals surface area contributed by atoms with Crippen molar-refractivity contribution in [2.75, 3.05) is 19.7 Å². The van der Waals surface area contributed by atoms with Crippen molar-refractivity contribution in [3.63, 3.8) is 0 Å². The molecule has 0 atom stereocenters. The van der Waals surface area contributed by atoms with Crippen LogP contribution in [-0.2, 0) is 6.54 Å². The molecule has 31 heavy (non-hydrogen) atoms. The van der Waals surface area contributed by atoms with E-state index in [0.717, 1.165) is 12.1 Å². The molecule has 154 valence electrons. The summed E-state index contributed by atoms with van der Waals surface area (Å²) in [6, 6.07) is 26.6. The van der Waals surface area contributed by atoms with Crippen molar-refractivity contribution in [2.24, 2.45) is 0 Å². The summed E-state index contributed by atoms with van der Waals surface area (Å²) in [6.45, 7) is 2.47. The molecule has 4 aromatic rings. The first-order valence-electron chi connectivity index (χ1n) is 10.2. The van der Waals surface area contributed by atoms with E-state index in [0.29, 0.717) is 42.2 Å². The predicted molar refractivity (Wildman–Crippen MR) is 124 cm³/mol. The van der Waals surface area contributed by atoms with Crippen molar-refractivity contribution >= 4 is 11.0 Å². The van der Waals surface area contributed by atoms with Gasteiger partial charge in [-0.15, -0.1) is 6.42 Å². The van der Waals surface area contributed by atoms with Gasteiger partial charge in [0.05, 0.1) is 11.9 Å². The lowest BCUT2D eigenvalue weighted by atomic mass is 10.1.